The van der Waals surface area contributed by atoms with Crippen LogP contribution in [0.5, 0.6) is 11.5 Å². The number of nitrogens with zero attached hydrogens (tertiary/aromatic N) is 2. The van der Waals surface area contributed by atoms with Crippen LogP contribution in [0.2, 0.25) is 0 Å². The minimum absolute atomic E-state index is 0.415. The van der Waals surface area contributed by atoms with Gasteiger partial charge >= 0.3 is 5.97 Å². The Morgan fingerprint density at radius 2 is 1.77 bits per heavy atom. The molecule has 3 aromatic rings. The van der Waals surface area contributed by atoms with Crippen molar-refractivity contribution in [2.45, 2.75) is 32.6 Å². The lowest BCUT2D eigenvalue weighted by Gasteiger charge is -2.06. The van der Waals surface area contributed by atoms with Gasteiger partial charge in [0.15, 0.2) is 0 Å². The van der Waals surface area contributed by atoms with E-state index in [1.807, 2.05) is 24.3 Å². The maximum Gasteiger partial charge on any atom is 0.343 e. The number of carbonyl (C=O) groups excluding carboxylic acids is 1. The highest BCUT2D eigenvalue weighted by molar-refractivity contribution is 5.91. The lowest BCUT2D eigenvalue weighted by molar-refractivity contribution is 0.0734. The summed E-state index contributed by atoms with van der Waals surface area (Å²) in [5.41, 5.74) is 2.19. The van der Waals surface area contributed by atoms with Crippen LogP contribution < -0.4 is 9.47 Å². The van der Waals surface area contributed by atoms with Crippen LogP contribution in [-0.4, -0.2) is 23.8 Å². The molecule has 0 unspecified atom stereocenters. The number of esters is 1. The minimum atomic E-state index is -0.427. The molecule has 0 spiro atoms. The third-order valence-corrected chi connectivity index (χ3v) is 4.46. The Morgan fingerprint density at radius 3 is 2.47 bits per heavy atom. The molecule has 1 heterocycles. The first-order valence-corrected chi connectivity index (χ1v) is 10.2. The van der Waals surface area contributed by atoms with Gasteiger partial charge in [0, 0.05) is 12.4 Å². The zero-order valence-corrected chi connectivity index (χ0v) is 17.2. The largest absolute Gasteiger partial charge is 0.494 e. The van der Waals surface area contributed by atoms with Gasteiger partial charge in [-0.1, -0.05) is 26.2 Å². The molecule has 0 amide bonds. The summed E-state index contributed by atoms with van der Waals surface area (Å²) < 4.78 is 11.0. The molecule has 0 fully saturated rings. The van der Waals surface area contributed by atoms with Crippen LogP contribution in [-0.2, 0) is 0 Å². The van der Waals surface area contributed by atoms with Gasteiger partial charge in [0.25, 0.3) is 0 Å². The third kappa shape index (κ3) is 6.85. The lowest BCUT2D eigenvalue weighted by atomic mass is 10.2. The average molecular weight is 402 g/mol. The molecule has 0 atom stereocenters. The number of pyridine rings is 1. The van der Waals surface area contributed by atoms with E-state index in [1.165, 1.54) is 25.5 Å². The normalized spacial score (nSPS) is 10.8. The van der Waals surface area contributed by atoms with Crippen molar-refractivity contribution < 1.29 is 14.3 Å². The molecule has 30 heavy (non-hydrogen) atoms. The maximum atomic E-state index is 12.2. The summed E-state index contributed by atoms with van der Waals surface area (Å²) in [6.45, 7) is 2.95. The van der Waals surface area contributed by atoms with E-state index in [0.29, 0.717) is 11.3 Å². The summed E-state index contributed by atoms with van der Waals surface area (Å²) in [6, 6.07) is 18.2. The Hall–Kier alpha value is -3.47. The number of unbranched alkanes of at least 4 members (excludes halogenated alkanes) is 3. The van der Waals surface area contributed by atoms with E-state index in [0.717, 1.165) is 30.0 Å². The van der Waals surface area contributed by atoms with Gasteiger partial charge in [0.05, 0.1) is 24.1 Å². The standard InChI is InChI=1S/C25H26N2O3/c1-2-3-4-5-17-29-23-14-8-20(9-15-23)18-27-22-12-10-21(11-13-22)25(28)30-24-7-6-16-26-19-24/h6-16,18-19H,2-5,17H2,1H3. The highest BCUT2D eigenvalue weighted by Gasteiger charge is 2.08. The molecule has 3 rings (SSSR count). The molecule has 154 valence electrons. The molecule has 2 aromatic carbocycles. The van der Waals surface area contributed by atoms with E-state index in [1.54, 1.807) is 48.8 Å². The van der Waals surface area contributed by atoms with Crippen molar-refractivity contribution >= 4 is 17.9 Å². The van der Waals surface area contributed by atoms with Gasteiger partial charge in [-0.25, -0.2) is 4.79 Å². The summed E-state index contributed by atoms with van der Waals surface area (Å²) in [5, 5.41) is 0. The van der Waals surface area contributed by atoms with Crippen LogP contribution in [0.1, 0.15) is 48.5 Å². The van der Waals surface area contributed by atoms with Gasteiger partial charge in [0.2, 0.25) is 0 Å². The van der Waals surface area contributed by atoms with E-state index in [4.69, 9.17) is 9.47 Å². The van der Waals surface area contributed by atoms with Gasteiger partial charge in [0.1, 0.15) is 11.5 Å². The Bertz CT molecular complexity index is 936. The van der Waals surface area contributed by atoms with Gasteiger partial charge in [-0.15, -0.1) is 0 Å². The topological polar surface area (TPSA) is 60.8 Å². The van der Waals surface area contributed by atoms with Crippen molar-refractivity contribution in [2.24, 2.45) is 4.99 Å². The zero-order chi connectivity index (χ0) is 21.0. The smallest absolute Gasteiger partial charge is 0.343 e. The van der Waals surface area contributed by atoms with Crippen LogP contribution in [0.25, 0.3) is 0 Å². The summed E-state index contributed by atoms with van der Waals surface area (Å²) >= 11 is 0. The summed E-state index contributed by atoms with van der Waals surface area (Å²) in [6.07, 6.45) is 9.69. The number of carbonyl (C=O) groups is 1. The number of benzene rings is 2. The zero-order valence-electron chi connectivity index (χ0n) is 17.2. The molecule has 0 saturated heterocycles. The lowest BCUT2D eigenvalue weighted by Crippen LogP contribution is -2.08. The van der Waals surface area contributed by atoms with E-state index >= 15 is 0 Å². The van der Waals surface area contributed by atoms with Crippen molar-refractivity contribution in [1.82, 2.24) is 4.98 Å². The summed E-state index contributed by atoms with van der Waals surface area (Å²) in [7, 11) is 0. The molecule has 5 nitrogen and oxygen atoms in total. The molecule has 0 saturated carbocycles. The average Bonchev–Trinajstić information content (AvgIpc) is 2.79. The second-order valence-electron chi connectivity index (χ2n) is 6.86. The number of hydrogen-bond acceptors (Lipinski definition) is 5. The molecular formula is C25H26N2O3. The first-order valence-electron chi connectivity index (χ1n) is 10.2. The van der Waals surface area contributed by atoms with Crippen molar-refractivity contribution in [3.8, 4) is 11.5 Å². The highest BCUT2D eigenvalue weighted by Crippen LogP contribution is 2.17. The molecule has 0 bridgehead atoms. The third-order valence-electron chi connectivity index (χ3n) is 4.46. The predicted octanol–water partition coefficient (Wildman–Crippen LogP) is 6.01. The Kier molecular flexibility index (Phi) is 8.15. The van der Waals surface area contributed by atoms with E-state index in [-0.39, 0.29) is 0 Å². The van der Waals surface area contributed by atoms with Crippen LogP contribution in [0.3, 0.4) is 0 Å². The summed E-state index contributed by atoms with van der Waals surface area (Å²) in [5.74, 6) is 0.863. The van der Waals surface area contributed by atoms with Crippen molar-refractivity contribution in [3.63, 3.8) is 0 Å². The number of aromatic nitrogens is 1. The van der Waals surface area contributed by atoms with Crippen LogP contribution >= 0.6 is 0 Å². The molecule has 5 heteroatoms. The van der Waals surface area contributed by atoms with Crippen LogP contribution in [0, 0.1) is 0 Å². The van der Waals surface area contributed by atoms with Gasteiger partial charge in [-0.2, -0.15) is 0 Å². The molecule has 0 N–H and O–H groups in total. The fraction of sp³-hybridized carbons (Fsp3) is 0.240. The number of aliphatic imine (C=N–C) groups is 1. The second kappa shape index (κ2) is 11.5. The van der Waals surface area contributed by atoms with E-state index in [9.17, 15) is 4.79 Å². The molecule has 1 aromatic heterocycles. The minimum Gasteiger partial charge on any atom is -0.494 e. The monoisotopic (exact) mass is 402 g/mol. The molecule has 0 radical (unpaired) electrons. The highest BCUT2D eigenvalue weighted by atomic mass is 16.5. The predicted molar refractivity (Wildman–Crippen MR) is 119 cm³/mol. The quantitative estimate of drug-likeness (QED) is 0.237. The van der Waals surface area contributed by atoms with Crippen molar-refractivity contribution in [2.75, 3.05) is 6.61 Å². The van der Waals surface area contributed by atoms with Gasteiger partial charge < -0.3 is 9.47 Å². The van der Waals surface area contributed by atoms with E-state index in [2.05, 4.69) is 16.9 Å². The molecule has 0 aliphatic heterocycles. The second-order valence-corrected chi connectivity index (χ2v) is 6.86. The molecular weight excluding hydrogens is 376 g/mol. The molecule has 0 aliphatic rings. The fourth-order valence-corrected chi connectivity index (χ4v) is 2.78. The first-order chi connectivity index (χ1) is 14.7. The van der Waals surface area contributed by atoms with Crippen LogP contribution in [0.15, 0.2) is 78.0 Å². The van der Waals surface area contributed by atoms with Crippen molar-refractivity contribution in [3.05, 3.63) is 84.2 Å². The van der Waals surface area contributed by atoms with Gasteiger partial charge in [-0.05, 0) is 72.6 Å². The van der Waals surface area contributed by atoms with Crippen LogP contribution in [0.4, 0.5) is 5.69 Å². The Balaban J connectivity index is 1.50. The van der Waals surface area contributed by atoms with Crippen molar-refractivity contribution in [1.29, 1.82) is 0 Å². The fourth-order valence-electron chi connectivity index (χ4n) is 2.78. The Morgan fingerprint density at radius 1 is 0.967 bits per heavy atom. The SMILES string of the molecule is CCCCCCOc1ccc(C=Nc2ccc(C(=O)Oc3cccnc3)cc2)cc1. The van der Waals surface area contributed by atoms with E-state index < -0.39 is 5.97 Å². The van der Waals surface area contributed by atoms with Gasteiger partial charge in [-0.3, -0.25) is 9.98 Å². The number of hydrogen-bond donors (Lipinski definition) is 0. The molecule has 0 aliphatic carbocycles. The number of rotatable bonds is 10. The maximum absolute atomic E-state index is 12.2. The summed E-state index contributed by atoms with van der Waals surface area (Å²) in [4.78, 5) is 20.5. The number of ether oxygens (including phenoxy) is 2. The Labute approximate surface area is 177 Å². The first kappa shape index (κ1) is 21.2.